The molecule has 0 aromatic heterocycles. The molecule has 2 aromatic rings. The molecule has 0 saturated carbocycles. The molecule has 2 aromatic carbocycles. The summed E-state index contributed by atoms with van der Waals surface area (Å²) in [5.74, 6) is -0.475. The predicted octanol–water partition coefficient (Wildman–Crippen LogP) is 3.76. The van der Waals surface area contributed by atoms with Crippen LogP contribution in [0.5, 0.6) is 0 Å². The van der Waals surface area contributed by atoms with E-state index in [1.54, 1.807) is 31.2 Å². The highest BCUT2D eigenvalue weighted by Crippen LogP contribution is 2.09. The molecule has 0 spiro atoms. The van der Waals surface area contributed by atoms with Crippen molar-refractivity contribution in [2.24, 2.45) is 5.10 Å². The third kappa shape index (κ3) is 6.83. The van der Waals surface area contributed by atoms with Crippen LogP contribution in [0.2, 0.25) is 5.02 Å². The molecule has 0 atom stereocenters. The van der Waals surface area contributed by atoms with Gasteiger partial charge in [-0.2, -0.15) is 5.10 Å². The van der Waals surface area contributed by atoms with Crippen molar-refractivity contribution < 1.29 is 9.59 Å². The van der Waals surface area contributed by atoms with Gasteiger partial charge in [0.1, 0.15) is 0 Å². The zero-order valence-electron chi connectivity index (χ0n) is 13.6. The van der Waals surface area contributed by atoms with Crippen LogP contribution in [0, 0.1) is 3.57 Å². The average Bonchev–Trinajstić information content (AvgIpc) is 2.60. The summed E-state index contributed by atoms with van der Waals surface area (Å²) in [6, 6.07) is 14.4. The Balaban J connectivity index is 1.79. The average molecular weight is 470 g/mol. The molecule has 0 fully saturated rings. The van der Waals surface area contributed by atoms with Gasteiger partial charge in [0.2, 0.25) is 5.91 Å². The highest BCUT2D eigenvalue weighted by molar-refractivity contribution is 14.1. The number of nitrogens with zero attached hydrogens (tertiary/aromatic N) is 1. The number of hydrogen-bond donors (Lipinski definition) is 2. The van der Waals surface area contributed by atoms with Gasteiger partial charge in [-0.25, -0.2) is 5.43 Å². The second-order valence-electron chi connectivity index (χ2n) is 5.37. The lowest BCUT2D eigenvalue weighted by molar-refractivity contribution is -0.120. The van der Waals surface area contributed by atoms with Gasteiger partial charge in [0, 0.05) is 26.4 Å². The lowest BCUT2D eigenvalue weighted by Crippen LogP contribution is -2.26. The van der Waals surface area contributed by atoms with Crippen LogP contribution in [0.25, 0.3) is 0 Å². The number of hydrazone groups is 1. The first-order valence-corrected chi connectivity index (χ1v) is 9.00. The summed E-state index contributed by atoms with van der Waals surface area (Å²) in [5, 5.41) is 7.42. The Morgan fingerprint density at radius 1 is 1.08 bits per heavy atom. The van der Waals surface area contributed by atoms with Crippen molar-refractivity contribution in [3.63, 3.8) is 0 Å². The number of carbonyl (C=O) groups excluding carboxylic acids is 2. The Morgan fingerprint density at radius 2 is 1.72 bits per heavy atom. The summed E-state index contributed by atoms with van der Waals surface area (Å²) >= 11 is 7.99. The van der Waals surface area contributed by atoms with Crippen LogP contribution in [0.15, 0.2) is 53.6 Å². The standard InChI is InChI=1S/C18H17ClIN3O2/c1-12(22-23-18(25)14-4-8-16(20)9-5-14)10-17(24)21-11-13-2-6-15(19)7-3-13/h2-9H,10-11H2,1H3,(H,21,24)(H,23,25)/b22-12+. The van der Waals surface area contributed by atoms with E-state index >= 15 is 0 Å². The molecule has 2 rings (SSSR count). The molecule has 0 heterocycles. The summed E-state index contributed by atoms with van der Waals surface area (Å²) in [4.78, 5) is 23.9. The maximum Gasteiger partial charge on any atom is 0.271 e. The molecular formula is C18H17ClIN3O2. The van der Waals surface area contributed by atoms with Crippen LogP contribution in [-0.2, 0) is 11.3 Å². The maximum atomic E-state index is 12.0. The molecule has 130 valence electrons. The third-order valence-corrected chi connectivity index (χ3v) is 4.25. The van der Waals surface area contributed by atoms with E-state index in [-0.39, 0.29) is 18.2 Å². The van der Waals surface area contributed by atoms with Crippen molar-refractivity contribution in [2.75, 3.05) is 0 Å². The monoisotopic (exact) mass is 469 g/mol. The first-order valence-electron chi connectivity index (χ1n) is 7.54. The normalized spacial score (nSPS) is 11.1. The molecule has 2 N–H and O–H groups in total. The lowest BCUT2D eigenvalue weighted by atomic mass is 10.2. The number of benzene rings is 2. The van der Waals surface area contributed by atoms with Crippen molar-refractivity contribution in [3.8, 4) is 0 Å². The van der Waals surface area contributed by atoms with E-state index in [0.29, 0.717) is 22.8 Å². The number of rotatable bonds is 6. The number of hydrogen-bond acceptors (Lipinski definition) is 3. The quantitative estimate of drug-likeness (QED) is 0.384. The van der Waals surface area contributed by atoms with E-state index in [1.165, 1.54) is 0 Å². The molecule has 0 aliphatic rings. The number of nitrogens with one attached hydrogen (secondary N) is 2. The highest BCUT2D eigenvalue weighted by atomic mass is 127. The Kier molecular flexibility index (Phi) is 7.39. The zero-order valence-corrected chi connectivity index (χ0v) is 16.5. The minimum Gasteiger partial charge on any atom is -0.352 e. The van der Waals surface area contributed by atoms with Crippen molar-refractivity contribution in [1.29, 1.82) is 0 Å². The highest BCUT2D eigenvalue weighted by Gasteiger charge is 2.06. The van der Waals surface area contributed by atoms with Gasteiger partial charge >= 0.3 is 0 Å². The van der Waals surface area contributed by atoms with Crippen molar-refractivity contribution in [2.45, 2.75) is 19.9 Å². The van der Waals surface area contributed by atoms with Gasteiger partial charge in [0.15, 0.2) is 0 Å². The van der Waals surface area contributed by atoms with Crippen LogP contribution < -0.4 is 10.7 Å². The van der Waals surface area contributed by atoms with Crippen LogP contribution in [0.1, 0.15) is 29.3 Å². The molecule has 0 bridgehead atoms. The predicted molar refractivity (Wildman–Crippen MR) is 108 cm³/mol. The maximum absolute atomic E-state index is 12.0. The second-order valence-corrected chi connectivity index (χ2v) is 7.06. The van der Waals surface area contributed by atoms with E-state index in [0.717, 1.165) is 9.13 Å². The molecule has 7 heteroatoms. The lowest BCUT2D eigenvalue weighted by Gasteiger charge is -2.06. The van der Waals surface area contributed by atoms with Crippen LogP contribution in [-0.4, -0.2) is 17.5 Å². The Bertz CT molecular complexity index is 774. The number of carbonyl (C=O) groups is 2. The van der Waals surface area contributed by atoms with Crippen molar-refractivity contribution in [1.82, 2.24) is 10.7 Å². The van der Waals surface area contributed by atoms with Gasteiger partial charge in [-0.3, -0.25) is 9.59 Å². The van der Waals surface area contributed by atoms with Crippen LogP contribution >= 0.6 is 34.2 Å². The van der Waals surface area contributed by atoms with E-state index in [1.807, 2.05) is 24.3 Å². The van der Waals surface area contributed by atoms with E-state index in [9.17, 15) is 9.59 Å². The molecule has 0 aliphatic heterocycles. The first kappa shape index (κ1) is 19.4. The Labute approximate surface area is 165 Å². The summed E-state index contributed by atoms with van der Waals surface area (Å²) in [6.07, 6.45) is 0.112. The topological polar surface area (TPSA) is 70.6 Å². The van der Waals surface area contributed by atoms with Gasteiger partial charge in [0.25, 0.3) is 5.91 Å². The molecule has 2 amide bonds. The van der Waals surface area contributed by atoms with Crippen LogP contribution in [0.4, 0.5) is 0 Å². The minimum absolute atomic E-state index is 0.112. The summed E-state index contributed by atoms with van der Waals surface area (Å²) in [6.45, 7) is 2.11. The van der Waals surface area contributed by atoms with E-state index in [2.05, 4.69) is 38.4 Å². The molecule has 0 unspecified atom stereocenters. The second kappa shape index (κ2) is 9.53. The summed E-state index contributed by atoms with van der Waals surface area (Å²) in [7, 11) is 0. The smallest absolute Gasteiger partial charge is 0.271 e. The van der Waals surface area contributed by atoms with Gasteiger partial charge < -0.3 is 5.32 Å². The van der Waals surface area contributed by atoms with Crippen molar-refractivity contribution >= 4 is 51.7 Å². The third-order valence-electron chi connectivity index (χ3n) is 3.27. The minimum atomic E-state index is -0.308. The van der Waals surface area contributed by atoms with E-state index < -0.39 is 0 Å². The fourth-order valence-corrected chi connectivity index (χ4v) is 2.43. The molecule has 0 saturated heterocycles. The molecular weight excluding hydrogens is 453 g/mol. The Morgan fingerprint density at radius 3 is 2.36 bits per heavy atom. The van der Waals surface area contributed by atoms with E-state index in [4.69, 9.17) is 11.6 Å². The van der Waals surface area contributed by atoms with Crippen LogP contribution in [0.3, 0.4) is 0 Å². The van der Waals surface area contributed by atoms with Crippen molar-refractivity contribution in [3.05, 3.63) is 68.3 Å². The zero-order chi connectivity index (χ0) is 18.2. The SMILES string of the molecule is C/C(CC(=O)NCc1ccc(Cl)cc1)=N\NC(=O)c1ccc(I)cc1. The largest absolute Gasteiger partial charge is 0.352 e. The molecule has 25 heavy (non-hydrogen) atoms. The fraction of sp³-hybridized carbons (Fsp3) is 0.167. The number of halogens is 2. The molecule has 5 nitrogen and oxygen atoms in total. The van der Waals surface area contributed by atoms with Gasteiger partial charge in [-0.1, -0.05) is 23.7 Å². The first-order chi connectivity index (χ1) is 11.9. The van der Waals surface area contributed by atoms with Gasteiger partial charge in [0.05, 0.1) is 6.42 Å². The molecule has 0 radical (unpaired) electrons. The molecule has 0 aliphatic carbocycles. The number of amides is 2. The van der Waals surface area contributed by atoms with Gasteiger partial charge in [-0.05, 0) is 71.5 Å². The summed E-state index contributed by atoms with van der Waals surface area (Å²) in [5.41, 5.74) is 4.45. The van der Waals surface area contributed by atoms with Gasteiger partial charge in [-0.15, -0.1) is 0 Å². The summed E-state index contributed by atoms with van der Waals surface area (Å²) < 4.78 is 1.05. The Hall–Kier alpha value is -1.93. The fourth-order valence-electron chi connectivity index (χ4n) is 1.95.